The van der Waals surface area contributed by atoms with Crippen molar-refractivity contribution in [3.8, 4) is 17.9 Å². The van der Waals surface area contributed by atoms with Crippen LogP contribution in [0, 0.1) is 23.2 Å². The average molecular weight is 154 g/mol. The Morgan fingerprint density at radius 1 is 1.08 bits per heavy atom. The van der Waals surface area contributed by atoms with Crippen molar-refractivity contribution in [2.45, 2.75) is 0 Å². The van der Waals surface area contributed by atoms with E-state index in [1.165, 1.54) is 0 Å². The molecule has 0 bridgehead atoms. The van der Waals surface area contributed by atoms with E-state index in [0.29, 0.717) is 5.56 Å². The molecule has 0 saturated carbocycles. The Morgan fingerprint density at radius 2 is 1.67 bits per heavy atom. The van der Waals surface area contributed by atoms with Gasteiger partial charge in [0.1, 0.15) is 0 Å². The van der Waals surface area contributed by atoms with E-state index in [2.05, 4.69) is 11.8 Å². The number of rotatable bonds is 1. The molecule has 0 fully saturated rings. The lowest BCUT2D eigenvalue weighted by Crippen LogP contribution is -1.79. The van der Waals surface area contributed by atoms with Crippen LogP contribution in [0.4, 0.5) is 0 Å². The van der Waals surface area contributed by atoms with E-state index in [1.807, 2.05) is 0 Å². The molecular weight excluding hydrogens is 150 g/mol. The molecule has 1 rings (SSSR count). The van der Waals surface area contributed by atoms with Crippen LogP contribution in [-0.2, 0) is 4.79 Å². The van der Waals surface area contributed by atoms with Crippen molar-refractivity contribution < 1.29 is 4.79 Å². The quantitative estimate of drug-likeness (QED) is 0.566. The van der Waals surface area contributed by atoms with Crippen molar-refractivity contribution in [2.75, 3.05) is 0 Å². The molecule has 0 aliphatic rings. The summed E-state index contributed by atoms with van der Waals surface area (Å²) in [5.41, 5.74) is 1.20. The second-order valence-electron chi connectivity index (χ2n) is 2.04. The molecule has 1 aromatic rings. The standard InChI is InChI=1S/C10H4NO/c11-7-1-2-9-3-5-10(8-12)6-4-9/h3-6H. The molecule has 0 aromatic heterocycles. The Kier molecular flexibility index (Phi) is 2.65. The highest BCUT2D eigenvalue weighted by atomic mass is 16.1. The predicted molar refractivity (Wildman–Crippen MR) is 43.7 cm³/mol. The molecule has 1 aromatic carbocycles. The molecule has 0 N–H and O–H groups in total. The smallest absolute Gasteiger partial charge is 0.233 e. The molecule has 1 radical (unpaired) electrons. The number of hydrogen-bond donors (Lipinski definition) is 0. The minimum atomic E-state index is 0.484. The first-order chi connectivity index (χ1) is 5.86. The highest BCUT2D eigenvalue weighted by molar-refractivity contribution is 5.75. The first-order valence-corrected chi connectivity index (χ1v) is 3.25. The van der Waals surface area contributed by atoms with E-state index in [4.69, 9.17) is 5.26 Å². The maximum atomic E-state index is 10.1. The normalized spacial score (nSPS) is 7.58. The van der Waals surface area contributed by atoms with E-state index in [-0.39, 0.29) is 0 Å². The van der Waals surface area contributed by atoms with Crippen LogP contribution >= 0.6 is 0 Å². The van der Waals surface area contributed by atoms with Gasteiger partial charge >= 0.3 is 0 Å². The van der Waals surface area contributed by atoms with E-state index in [1.54, 1.807) is 36.6 Å². The van der Waals surface area contributed by atoms with Gasteiger partial charge in [-0.15, -0.1) is 0 Å². The zero-order valence-corrected chi connectivity index (χ0v) is 6.16. The van der Waals surface area contributed by atoms with Crippen molar-refractivity contribution in [3.05, 3.63) is 35.4 Å². The fourth-order valence-corrected chi connectivity index (χ4v) is 0.722. The zero-order chi connectivity index (χ0) is 8.81. The van der Waals surface area contributed by atoms with Gasteiger partial charge in [0.2, 0.25) is 6.29 Å². The molecule has 0 spiro atoms. The summed E-state index contributed by atoms with van der Waals surface area (Å²) in [6, 6.07) is 8.26. The van der Waals surface area contributed by atoms with Gasteiger partial charge in [-0.1, -0.05) is 5.92 Å². The average Bonchev–Trinajstić information content (AvgIpc) is 2.15. The molecule has 0 aliphatic heterocycles. The van der Waals surface area contributed by atoms with Gasteiger partial charge in [-0.3, -0.25) is 4.79 Å². The van der Waals surface area contributed by atoms with Gasteiger partial charge < -0.3 is 0 Å². The van der Waals surface area contributed by atoms with Crippen LogP contribution in [-0.4, -0.2) is 6.29 Å². The van der Waals surface area contributed by atoms with Crippen LogP contribution in [0.25, 0.3) is 0 Å². The summed E-state index contributed by atoms with van der Waals surface area (Å²) in [7, 11) is 0. The fraction of sp³-hybridized carbons (Fsp3) is 0. The number of carbonyl (C=O) groups excluding carboxylic acids is 1. The van der Waals surface area contributed by atoms with Gasteiger partial charge in [0, 0.05) is 17.0 Å². The molecule has 0 unspecified atom stereocenters. The van der Waals surface area contributed by atoms with Gasteiger partial charge in [0.25, 0.3) is 0 Å². The molecule has 2 nitrogen and oxygen atoms in total. The molecule has 0 amide bonds. The molecule has 0 heterocycles. The molecular formula is C10H4NO. The fourth-order valence-electron chi connectivity index (χ4n) is 0.722. The summed E-state index contributed by atoms with van der Waals surface area (Å²) in [6.07, 6.45) is 1.75. The van der Waals surface area contributed by atoms with E-state index in [0.717, 1.165) is 5.56 Å². The van der Waals surface area contributed by atoms with E-state index in [9.17, 15) is 4.79 Å². The minimum Gasteiger partial charge on any atom is -0.285 e. The first kappa shape index (κ1) is 8.04. The lowest BCUT2D eigenvalue weighted by molar-refractivity contribution is 0.563. The van der Waals surface area contributed by atoms with E-state index >= 15 is 0 Å². The Morgan fingerprint density at radius 3 is 2.17 bits per heavy atom. The molecule has 55 valence electrons. The number of nitriles is 1. The maximum Gasteiger partial charge on any atom is 0.233 e. The van der Waals surface area contributed by atoms with Crippen molar-refractivity contribution >= 4 is 6.29 Å². The van der Waals surface area contributed by atoms with Gasteiger partial charge in [-0.25, -0.2) is 0 Å². The van der Waals surface area contributed by atoms with Gasteiger partial charge in [-0.05, 0) is 24.3 Å². The summed E-state index contributed by atoms with van der Waals surface area (Å²) in [5, 5.41) is 8.14. The van der Waals surface area contributed by atoms with Crippen molar-refractivity contribution in [1.29, 1.82) is 5.26 Å². The van der Waals surface area contributed by atoms with Gasteiger partial charge in [0.05, 0.1) is 0 Å². The first-order valence-electron chi connectivity index (χ1n) is 3.25. The Bertz CT molecular complexity index is 373. The van der Waals surface area contributed by atoms with Crippen LogP contribution in [0.15, 0.2) is 24.3 Å². The monoisotopic (exact) mass is 154 g/mol. The topological polar surface area (TPSA) is 40.9 Å². The predicted octanol–water partition coefficient (Wildman–Crippen LogP) is 1.02. The summed E-state index contributed by atoms with van der Waals surface area (Å²) in [5.74, 6) is 4.86. The van der Waals surface area contributed by atoms with Gasteiger partial charge in [-0.2, -0.15) is 5.26 Å². The van der Waals surface area contributed by atoms with Crippen LogP contribution in [0.5, 0.6) is 0 Å². The maximum absolute atomic E-state index is 10.1. The third kappa shape index (κ3) is 1.97. The highest BCUT2D eigenvalue weighted by Crippen LogP contribution is 1.99. The third-order valence-corrected chi connectivity index (χ3v) is 1.27. The SMILES string of the molecule is N#CC#Cc1ccc([C]=O)cc1. The van der Waals surface area contributed by atoms with Crippen LogP contribution in [0.1, 0.15) is 11.1 Å². The highest BCUT2D eigenvalue weighted by Gasteiger charge is 1.89. The summed E-state index contributed by atoms with van der Waals surface area (Å²) >= 11 is 0. The molecule has 2 heteroatoms. The molecule has 0 saturated heterocycles. The number of benzene rings is 1. The van der Waals surface area contributed by atoms with Crippen molar-refractivity contribution in [3.63, 3.8) is 0 Å². The Balaban J connectivity index is 2.94. The van der Waals surface area contributed by atoms with E-state index < -0.39 is 0 Å². The lowest BCUT2D eigenvalue weighted by Gasteiger charge is -1.88. The third-order valence-electron chi connectivity index (χ3n) is 1.27. The van der Waals surface area contributed by atoms with Crippen LogP contribution < -0.4 is 0 Å². The minimum absolute atomic E-state index is 0.484. The van der Waals surface area contributed by atoms with Crippen molar-refractivity contribution in [1.82, 2.24) is 0 Å². The second kappa shape index (κ2) is 3.95. The summed E-state index contributed by atoms with van der Waals surface area (Å²) < 4.78 is 0. The zero-order valence-electron chi connectivity index (χ0n) is 6.16. The second-order valence-corrected chi connectivity index (χ2v) is 2.04. The lowest BCUT2D eigenvalue weighted by atomic mass is 10.1. The summed E-state index contributed by atoms with van der Waals surface area (Å²) in [6.45, 7) is 0. The number of hydrogen-bond acceptors (Lipinski definition) is 2. The van der Waals surface area contributed by atoms with Crippen LogP contribution in [0.2, 0.25) is 0 Å². The summed E-state index contributed by atoms with van der Waals surface area (Å²) in [4.78, 5) is 10.1. The molecule has 0 aliphatic carbocycles. The largest absolute Gasteiger partial charge is 0.285 e. The molecule has 12 heavy (non-hydrogen) atoms. The Labute approximate surface area is 70.4 Å². The Hall–Kier alpha value is -2.06. The van der Waals surface area contributed by atoms with Crippen LogP contribution in [0.3, 0.4) is 0 Å². The number of nitrogens with zero attached hydrogens (tertiary/aromatic N) is 1. The molecule has 0 atom stereocenters. The van der Waals surface area contributed by atoms with Crippen molar-refractivity contribution in [2.24, 2.45) is 0 Å². The van der Waals surface area contributed by atoms with Gasteiger partial charge in [0.15, 0.2) is 6.07 Å².